The van der Waals surface area contributed by atoms with Crippen molar-refractivity contribution in [2.24, 2.45) is 0 Å². The molecule has 0 bridgehead atoms. The van der Waals surface area contributed by atoms with Crippen molar-refractivity contribution >= 4 is 0 Å². The molecule has 0 saturated heterocycles. The van der Waals surface area contributed by atoms with Crippen molar-refractivity contribution in [2.75, 3.05) is 7.11 Å². The van der Waals surface area contributed by atoms with Crippen LogP contribution in [0.15, 0.2) is 30.3 Å². The van der Waals surface area contributed by atoms with Crippen LogP contribution in [-0.4, -0.2) is 12.1 Å². The first-order valence-corrected chi connectivity index (χ1v) is 6.10. The fourth-order valence-corrected chi connectivity index (χ4v) is 2.41. The number of ether oxygens (including phenoxy) is 1. The zero-order chi connectivity index (χ0) is 12.5. The van der Waals surface area contributed by atoms with Crippen LogP contribution in [-0.2, 0) is 12.8 Å². The van der Waals surface area contributed by atoms with E-state index in [2.05, 4.69) is 11.1 Å². The Morgan fingerprint density at radius 2 is 2.06 bits per heavy atom. The molecule has 0 unspecified atom stereocenters. The molecule has 0 spiro atoms. The highest BCUT2D eigenvalue weighted by atomic mass is 19.1. The third kappa shape index (κ3) is 1.86. The number of methoxy groups -OCH3 is 1. The molecule has 0 saturated carbocycles. The van der Waals surface area contributed by atoms with Gasteiger partial charge in [0.25, 0.3) is 0 Å². The summed E-state index contributed by atoms with van der Waals surface area (Å²) in [6.07, 6.45) is 3.31. The molecule has 2 aromatic rings. The average Bonchev–Trinajstić information content (AvgIpc) is 2.85. The summed E-state index contributed by atoms with van der Waals surface area (Å²) in [5.74, 6) is -0.0859. The summed E-state index contributed by atoms with van der Waals surface area (Å²) in [6, 6.07) is 9.02. The highest BCUT2D eigenvalue weighted by Gasteiger charge is 2.13. The minimum atomic E-state index is -0.350. The van der Waals surface area contributed by atoms with Gasteiger partial charge >= 0.3 is 0 Å². The molecule has 1 aliphatic carbocycles. The van der Waals surface area contributed by atoms with Crippen molar-refractivity contribution in [1.29, 1.82) is 0 Å². The van der Waals surface area contributed by atoms with E-state index in [0.717, 1.165) is 29.8 Å². The van der Waals surface area contributed by atoms with Crippen molar-refractivity contribution in [3.05, 3.63) is 47.4 Å². The Bertz CT molecular complexity index is 595. The zero-order valence-electron chi connectivity index (χ0n) is 10.2. The van der Waals surface area contributed by atoms with Gasteiger partial charge < -0.3 is 4.74 Å². The fourth-order valence-electron chi connectivity index (χ4n) is 2.41. The van der Waals surface area contributed by atoms with Gasteiger partial charge in [-0.2, -0.15) is 0 Å². The predicted molar refractivity (Wildman–Crippen MR) is 68.2 cm³/mol. The van der Waals surface area contributed by atoms with Crippen molar-refractivity contribution in [1.82, 2.24) is 4.98 Å². The Morgan fingerprint density at radius 3 is 2.83 bits per heavy atom. The third-order valence-corrected chi connectivity index (χ3v) is 3.38. The number of hydrogen-bond donors (Lipinski definition) is 0. The summed E-state index contributed by atoms with van der Waals surface area (Å²) >= 11 is 0. The Balaban J connectivity index is 2.02. The Kier molecular flexibility index (Phi) is 2.74. The number of fused-ring (bicyclic) bond motifs is 1. The van der Waals surface area contributed by atoms with Gasteiger partial charge in [-0.1, -0.05) is 6.07 Å². The minimum absolute atomic E-state index is 0.264. The van der Waals surface area contributed by atoms with E-state index in [4.69, 9.17) is 4.74 Å². The zero-order valence-corrected chi connectivity index (χ0v) is 10.2. The lowest BCUT2D eigenvalue weighted by Crippen LogP contribution is -1.93. The summed E-state index contributed by atoms with van der Waals surface area (Å²) in [4.78, 5) is 4.61. The number of rotatable bonds is 2. The molecule has 92 valence electrons. The van der Waals surface area contributed by atoms with Gasteiger partial charge in [0.15, 0.2) is 11.6 Å². The monoisotopic (exact) mass is 243 g/mol. The molecule has 0 radical (unpaired) electrons. The summed E-state index contributed by atoms with van der Waals surface area (Å²) in [6.45, 7) is 0. The van der Waals surface area contributed by atoms with Crippen LogP contribution >= 0.6 is 0 Å². The maximum Gasteiger partial charge on any atom is 0.165 e. The van der Waals surface area contributed by atoms with E-state index in [1.165, 1.54) is 25.2 Å². The van der Waals surface area contributed by atoms with Crippen LogP contribution in [0, 0.1) is 5.82 Å². The topological polar surface area (TPSA) is 22.1 Å². The van der Waals surface area contributed by atoms with Gasteiger partial charge in [0.1, 0.15) is 0 Å². The van der Waals surface area contributed by atoms with Crippen LogP contribution in [0.5, 0.6) is 5.75 Å². The number of hydrogen-bond acceptors (Lipinski definition) is 2. The van der Waals surface area contributed by atoms with Gasteiger partial charge in [0, 0.05) is 11.3 Å². The molecule has 0 aliphatic heterocycles. The number of aryl methyl sites for hydroxylation is 2. The first-order valence-electron chi connectivity index (χ1n) is 6.10. The fraction of sp³-hybridized carbons (Fsp3) is 0.267. The van der Waals surface area contributed by atoms with Crippen LogP contribution < -0.4 is 4.74 Å². The molecular formula is C15H14FNO. The molecule has 3 heteroatoms. The molecule has 3 rings (SSSR count). The van der Waals surface area contributed by atoms with Crippen molar-refractivity contribution in [3.63, 3.8) is 0 Å². The molecule has 2 nitrogen and oxygen atoms in total. The van der Waals surface area contributed by atoms with Gasteiger partial charge in [-0.25, -0.2) is 4.39 Å². The van der Waals surface area contributed by atoms with E-state index in [1.807, 2.05) is 12.1 Å². The van der Waals surface area contributed by atoms with Crippen LogP contribution in [0.1, 0.15) is 17.7 Å². The summed E-state index contributed by atoms with van der Waals surface area (Å²) in [7, 11) is 1.46. The third-order valence-electron chi connectivity index (χ3n) is 3.38. The van der Waals surface area contributed by atoms with Gasteiger partial charge in [-0.05, 0) is 49.1 Å². The lowest BCUT2D eigenvalue weighted by molar-refractivity contribution is 0.386. The Morgan fingerprint density at radius 1 is 1.17 bits per heavy atom. The highest BCUT2D eigenvalue weighted by Crippen LogP contribution is 2.27. The van der Waals surface area contributed by atoms with Crippen molar-refractivity contribution in [2.45, 2.75) is 19.3 Å². The van der Waals surface area contributed by atoms with E-state index < -0.39 is 0 Å². The van der Waals surface area contributed by atoms with Crippen LogP contribution in [0.2, 0.25) is 0 Å². The maximum atomic E-state index is 13.7. The molecule has 0 amide bonds. The molecular weight excluding hydrogens is 229 g/mol. The summed E-state index contributed by atoms with van der Waals surface area (Å²) in [5.41, 5.74) is 4.11. The Hall–Kier alpha value is -1.90. The Labute approximate surface area is 105 Å². The number of aromatic nitrogens is 1. The second-order valence-corrected chi connectivity index (χ2v) is 4.51. The second-order valence-electron chi connectivity index (χ2n) is 4.51. The lowest BCUT2D eigenvalue weighted by Gasteiger charge is -2.06. The molecule has 18 heavy (non-hydrogen) atoms. The largest absolute Gasteiger partial charge is 0.494 e. The second kappa shape index (κ2) is 4.41. The smallest absolute Gasteiger partial charge is 0.165 e. The number of halogens is 1. The molecule has 0 atom stereocenters. The summed E-state index contributed by atoms with van der Waals surface area (Å²) < 4.78 is 18.6. The van der Waals surface area contributed by atoms with Crippen LogP contribution in [0.3, 0.4) is 0 Å². The van der Waals surface area contributed by atoms with Crippen molar-refractivity contribution < 1.29 is 9.13 Å². The predicted octanol–water partition coefficient (Wildman–Crippen LogP) is 3.39. The molecule has 1 aromatic heterocycles. The first kappa shape index (κ1) is 11.2. The molecule has 1 aliphatic rings. The molecule has 0 N–H and O–H groups in total. The summed E-state index contributed by atoms with van der Waals surface area (Å²) in [5, 5.41) is 0. The van der Waals surface area contributed by atoms with Gasteiger partial charge in [0.2, 0.25) is 0 Å². The van der Waals surface area contributed by atoms with Gasteiger partial charge in [-0.15, -0.1) is 0 Å². The standard InChI is InChI=1S/C15H14FNO/c1-18-15-8-6-11(9-12(15)16)14-7-5-10-3-2-4-13(10)17-14/h5-9H,2-4H2,1H3. The minimum Gasteiger partial charge on any atom is -0.494 e. The highest BCUT2D eigenvalue weighted by molar-refractivity contribution is 5.61. The quantitative estimate of drug-likeness (QED) is 0.806. The lowest BCUT2D eigenvalue weighted by atomic mass is 10.1. The van der Waals surface area contributed by atoms with E-state index in [9.17, 15) is 4.39 Å². The molecule has 1 heterocycles. The SMILES string of the molecule is COc1ccc(-c2ccc3c(n2)CCC3)cc1F. The maximum absolute atomic E-state index is 13.7. The first-order chi connectivity index (χ1) is 8.78. The number of nitrogens with zero attached hydrogens (tertiary/aromatic N) is 1. The number of benzene rings is 1. The van der Waals surface area contributed by atoms with Crippen molar-refractivity contribution in [3.8, 4) is 17.0 Å². The van der Waals surface area contributed by atoms with E-state index in [-0.39, 0.29) is 11.6 Å². The van der Waals surface area contributed by atoms with E-state index in [0.29, 0.717) is 0 Å². The molecule has 0 fully saturated rings. The molecule has 1 aromatic carbocycles. The van der Waals surface area contributed by atoms with Gasteiger partial charge in [0.05, 0.1) is 12.8 Å². The average molecular weight is 243 g/mol. The van der Waals surface area contributed by atoms with E-state index >= 15 is 0 Å². The van der Waals surface area contributed by atoms with E-state index in [1.54, 1.807) is 6.07 Å². The van der Waals surface area contributed by atoms with Crippen LogP contribution in [0.25, 0.3) is 11.3 Å². The van der Waals surface area contributed by atoms with Gasteiger partial charge in [-0.3, -0.25) is 4.98 Å². The normalized spacial score (nSPS) is 13.4. The number of pyridine rings is 1. The van der Waals surface area contributed by atoms with Crippen LogP contribution in [0.4, 0.5) is 4.39 Å².